The predicted molar refractivity (Wildman–Crippen MR) is 111 cm³/mol. The number of aromatic nitrogens is 2. The van der Waals surface area contributed by atoms with Crippen molar-refractivity contribution in [3.63, 3.8) is 0 Å². The number of rotatable bonds is 4. The molecule has 5 rings (SSSR count). The lowest BCUT2D eigenvalue weighted by molar-refractivity contribution is 0.0970. The molecule has 9 heteroatoms. The maximum absolute atomic E-state index is 13.4. The Morgan fingerprint density at radius 2 is 1.87 bits per heavy atom. The van der Waals surface area contributed by atoms with E-state index in [1.54, 1.807) is 49.6 Å². The zero-order chi connectivity index (χ0) is 20.8. The van der Waals surface area contributed by atoms with Gasteiger partial charge in [0.15, 0.2) is 16.9 Å². The molecule has 0 fully saturated rings. The van der Waals surface area contributed by atoms with Crippen LogP contribution in [0.4, 0.5) is 5.13 Å². The third-order valence-electron chi connectivity index (χ3n) is 5.06. The van der Waals surface area contributed by atoms with Crippen molar-refractivity contribution in [1.29, 1.82) is 0 Å². The summed E-state index contributed by atoms with van der Waals surface area (Å²) in [5, 5.41) is 8.69. The third kappa shape index (κ3) is 2.59. The molecular weight excluding hydrogens is 406 g/mol. The molecule has 8 nitrogen and oxygen atoms in total. The second-order valence-electron chi connectivity index (χ2n) is 6.58. The van der Waals surface area contributed by atoms with Crippen molar-refractivity contribution < 1.29 is 18.7 Å². The number of methoxy groups -OCH3 is 2. The van der Waals surface area contributed by atoms with Gasteiger partial charge in [-0.3, -0.25) is 14.5 Å². The summed E-state index contributed by atoms with van der Waals surface area (Å²) in [6, 6.07) is 11.4. The number of ether oxygens (including phenoxy) is 2. The van der Waals surface area contributed by atoms with Gasteiger partial charge in [-0.15, -0.1) is 10.2 Å². The average Bonchev–Trinajstić information content (AvgIpc) is 3.40. The van der Waals surface area contributed by atoms with E-state index < -0.39 is 11.9 Å². The number of hydrogen-bond acceptors (Lipinski definition) is 8. The van der Waals surface area contributed by atoms with E-state index in [1.165, 1.54) is 28.9 Å². The van der Waals surface area contributed by atoms with Crippen LogP contribution in [0.15, 0.2) is 57.2 Å². The van der Waals surface area contributed by atoms with Gasteiger partial charge in [-0.05, 0) is 29.8 Å². The van der Waals surface area contributed by atoms with Gasteiger partial charge in [0.2, 0.25) is 10.9 Å². The molecule has 2 aromatic carbocycles. The van der Waals surface area contributed by atoms with E-state index in [1.807, 2.05) is 0 Å². The Bertz CT molecular complexity index is 1330. The fourth-order valence-electron chi connectivity index (χ4n) is 3.73. The fraction of sp³-hybridized carbons (Fsp3) is 0.143. The minimum Gasteiger partial charge on any atom is -0.493 e. The molecule has 1 amide bonds. The maximum Gasteiger partial charge on any atom is 0.297 e. The van der Waals surface area contributed by atoms with E-state index >= 15 is 0 Å². The molecule has 1 aliphatic heterocycles. The lowest BCUT2D eigenvalue weighted by atomic mass is 9.98. The van der Waals surface area contributed by atoms with Crippen LogP contribution in [0.5, 0.6) is 11.5 Å². The standard InChI is InChI=1S/C21H15N3O5S/c1-27-14-8-7-11(9-15(14)28-2)17-16-18(25)12-5-3-4-6-13(12)29-19(16)20(26)24(17)21-23-22-10-30-21/h3-10,17H,1-2H3. The number of fused-ring (bicyclic) bond motifs is 2. The first-order chi connectivity index (χ1) is 14.6. The number of carbonyl (C=O) groups excluding carboxylic acids is 1. The summed E-state index contributed by atoms with van der Waals surface area (Å²) in [6.07, 6.45) is 0. The molecule has 0 radical (unpaired) electrons. The van der Waals surface area contributed by atoms with Crippen molar-refractivity contribution in [1.82, 2.24) is 10.2 Å². The molecule has 1 aliphatic rings. The number of benzene rings is 2. The van der Waals surface area contributed by atoms with Crippen molar-refractivity contribution in [2.45, 2.75) is 6.04 Å². The third-order valence-corrected chi connectivity index (χ3v) is 5.74. The summed E-state index contributed by atoms with van der Waals surface area (Å²) in [6.45, 7) is 0. The van der Waals surface area contributed by atoms with Gasteiger partial charge in [-0.25, -0.2) is 0 Å². The number of carbonyl (C=O) groups is 1. The number of amides is 1. The first-order valence-corrected chi connectivity index (χ1v) is 9.89. The normalized spacial score (nSPS) is 15.5. The zero-order valence-electron chi connectivity index (χ0n) is 16.0. The molecule has 0 saturated carbocycles. The predicted octanol–water partition coefficient (Wildman–Crippen LogP) is 3.41. The minimum atomic E-state index is -0.735. The van der Waals surface area contributed by atoms with Crippen molar-refractivity contribution in [2.75, 3.05) is 19.1 Å². The zero-order valence-corrected chi connectivity index (χ0v) is 16.8. The van der Waals surface area contributed by atoms with Crippen molar-refractivity contribution in [2.24, 2.45) is 0 Å². The van der Waals surface area contributed by atoms with Gasteiger partial charge in [0.1, 0.15) is 11.1 Å². The van der Waals surface area contributed by atoms with Gasteiger partial charge in [-0.1, -0.05) is 29.5 Å². The average molecular weight is 421 g/mol. The number of anilines is 1. The highest BCUT2D eigenvalue weighted by atomic mass is 32.1. The van der Waals surface area contributed by atoms with Crippen LogP contribution < -0.4 is 19.8 Å². The molecular formula is C21H15N3O5S. The SMILES string of the molecule is COc1ccc(C2c3c(oc4ccccc4c3=O)C(=O)N2c2nncs2)cc1OC. The second-order valence-corrected chi connectivity index (χ2v) is 7.40. The van der Waals surface area contributed by atoms with Crippen LogP contribution in [-0.4, -0.2) is 30.3 Å². The number of hydrogen-bond donors (Lipinski definition) is 0. The Morgan fingerprint density at radius 1 is 1.07 bits per heavy atom. The lowest BCUT2D eigenvalue weighted by Gasteiger charge is -2.22. The van der Waals surface area contributed by atoms with E-state index in [-0.39, 0.29) is 16.8 Å². The van der Waals surface area contributed by atoms with Gasteiger partial charge in [-0.2, -0.15) is 0 Å². The van der Waals surface area contributed by atoms with E-state index in [9.17, 15) is 9.59 Å². The monoisotopic (exact) mass is 421 g/mol. The summed E-state index contributed by atoms with van der Waals surface area (Å²) in [4.78, 5) is 28.2. The van der Waals surface area contributed by atoms with Crippen LogP contribution in [0.25, 0.3) is 11.0 Å². The molecule has 0 N–H and O–H groups in total. The van der Waals surface area contributed by atoms with Crippen molar-refractivity contribution >= 4 is 33.3 Å². The van der Waals surface area contributed by atoms with Crippen molar-refractivity contribution in [3.8, 4) is 11.5 Å². The number of para-hydroxylation sites is 1. The summed E-state index contributed by atoms with van der Waals surface area (Å²) < 4.78 is 16.6. The van der Waals surface area contributed by atoms with Gasteiger partial charge in [0, 0.05) is 0 Å². The molecule has 0 spiro atoms. The van der Waals surface area contributed by atoms with Crippen LogP contribution in [-0.2, 0) is 0 Å². The lowest BCUT2D eigenvalue weighted by Crippen LogP contribution is -2.29. The van der Waals surface area contributed by atoms with Crippen LogP contribution in [0, 0.1) is 0 Å². The van der Waals surface area contributed by atoms with Gasteiger partial charge in [0.25, 0.3) is 5.91 Å². The molecule has 30 heavy (non-hydrogen) atoms. The van der Waals surface area contributed by atoms with E-state index in [0.29, 0.717) is 33.2 Å². The summed E-state index contributed by atoms with van der Waals surface area (Å²) in [5.41, 5.74) is 2.56. The van der Waals surface area contributed by atoms with E-state index in [0.717, 1.165) is 0 Å². The Morgan fingerprint density at radius 3 is 2.60 bits per heavy atom. The van der Waals surface area contributed by atoms with Crippen LogP contribution in [0.3, 0.4) is 0 Å². The van der Waals surface area contributed by atoms with Gasteiger partial charge >= 0.3 is 0 Å². The molecule has 0 saturated heterocycles. The Kier molecular flexibility index (Phi) is 4.25. The van der Waals surface area contributed by atoms with E-state index in [4.69, 9.17) is 13.9 Å². The smallest absolute Gasteiger partial charge is 0.297 e. The topological polar surface area (TPSA) is 94.8 Å². The summed E-state index contributed by atoms with van der Waals surface area (Å²) in [5.74, 6) is 0.593. The van der Waals surface area contributed by atoms with E-state index in [2.05, 4.69) is 10.2 Å². The molecule has 1 unspecified atom stereocenters. The minimum absolute atomic E-state index is 0.00804. The molecule has 4 aromatic rings. The maximum atomic E-state index is 13.4. The van der Waals surface area contributed by atoms with Gasteiger partial charge < -0.3 is 13.9 Å². The highest BCUT2D eigenvalue weighted by Gasteiger charge is 2.45. The number of nitrogens with zero attached hydrogens (tertiary/aromatic N) is 3. The van der Waals surface area contributed by atoms with Crippen molar-refractivity contribution in [3.05, 3.63) is 75.1 Å². The molecule has 2 aromatic heterocycles. The molecule has 3 heterocycles. The quantitative estimate of drug-likeness (QED) is 0.498. The first-order valence-electron chi connectivity index (χ1n) is 9.01. The summed E-state index contributed by atoms with van der Waals surface area (Å²) in [7, 11) is 3.07. The molecule has 1 atom stereocenters. The highest BCUT2D eigenvalue weighted by molar-refractivity contribution is 7.13. The first kappa shape index (κ1) is 18.3. The summed E-state index contributed by atoms with van der Waals surface area (Å²) >= 11 is 1.20. The van der Waals surface area contributed by atoms with Crippen LogP contribution in [0.1, 0.15) is 27.7 Å². The highest BCUT2D eigenvalue weighted by Crippen LogP contribution is 2.43. The molecule has 150 valence electrons. The largest absolute Gasteiger partial charge is 0.493 e. The fourth-order valence-corrected chi connectivity index (χ4v) is 4.31. The van der Waals surface area contributed by atoms with Crippen LogP contribution >= 0.6 is 11.3 Å². The second kappa shape index (κ2) is 6.96. The Balaban J connectivity index is 1.81. The van der Waals surface area contributed by atoms with Crippen LogP contribution in [0.2, 0.25) is 0 Å². The van der Waals surface area contributed by atoms with Gasteiger partial charge in [0.05, 0.1) is 31.2 Å². The Hall–Kier alpha value is -3.72. The molecule has 0 aliphatic carbocycles. The molecule has 0 bridgehead atoms. The Labute approximate surface area is 174 Å².